The standard InChI is InChI=1S/C33H48O4/c1-2-3-4-5-6-7-8-9-10-11-12-13-14-15-16-17-20-25-36-31-24-23-30-28(32(31)33(34)35)26-27-21-18-19-22-29(27)37-30/h18-19,21-24H,2-17,20,25-26H2,1H3,(H,34,35). The zero-order chi connectivity index (χ0) is 26.1. The van der Waals surface area contributed by atoms with Gasteiger partial charge in [0, 0.05) is 12.0 Å². The van der Waals surface area contributed by atoms with Crippen molar-refractivity contribution in [3.8, 4) is 17.2 Å². The Kier molecular flexibility index (Phi) is 13.4. The second-order valence-corrected chi connectivity index (χ2v) is 10.6. The lowest BCUT2D eigenvalue weighted by molar-refractivity contribution is 0.0690. The Morgan fingerprint density at radius 2 is 1.27 bits per heavy atom. The number of carbonyl (C=O) groups is 1. The number of para-hydroxylation sites is 1. The van der Waals surface area contributed by atoms with Crippen molar-refractivity contribution in [1.29, 1.82) is 0 Å². The maximum atomic E-state index is 12.1. The van der Waals surface area contributed by atoms with Gasteiger partial charge in [-0.3, -0.25) is 0 Å². The SMILES string of the molecule is CCCCCCCCCCCCCCCCCCCOc1ccc2c(c1C(=O)O)Cc1ccccc1O2. The zero-order valence-electron chi connectivity index (χ0n) is 23.1. The largest absolute Gasteiger partial charge is 0.493 e. The van der Waals surface area contributed by atoms with Crippen LogP contribution in [0.2, 0.25) is 0 Å². The second kappa shape index (κ2) is 17.1. The molecule has 2 aromatic rings. The summed E-state index contributed by atoms with van der Waals surface area (Å²) in [6, 6.07) is 11.4. The highest BCUT2D eigenvalue weighted by Crippen LogP contribution is 2.41. The third kappa shape index (κ3) is 10.1. The van der Waals surface area contributed by atoms with E-state index in [0.29, 0.717) is 30.1 Å². The predicted molar refractivity (Wildman–Crippen MR) is 152 cm³/mol. The molecule has 0 saturated carbocycles. The van der Waals surface area contributed by atoms with Gasteiger partial charge in [-0.2, -0.15) is 0 Å². The van der Waals surface area contributed by atoms with Crippen LogP contribution in [-0.4, -0.2) is 17.7 Å². The van der Waals surface area contributed by atoms with Gasteiger partial charge in [0.1, 0.15) is 22.8 Å². The minimum absolute atomic E-state index is 0.235. The fourth-order valence-electron chi connectivity index (χ4n) is 5.30. The van der Waals surface area contributed by atoms with E-state index in [4.69, 9.17) is 9.47 Å². The summed E-state index contributed by atoms with van der Waals surface area (Å²) >= 11 is 0. The van der Waals surface area contributed by atoms with E-state index < -0.39 is 5.97 Å². The zero-order valence-corrected chi connectivity index (χ0v) is 23.1. The molecule has 3 rings (SSSR count). The van der Waals surface area contributed by atoms with Crippen LogP contribution in [0.25, 0.3) is 0 Å². The fourth-order valence-corrected chi connectivity index (χ4v) is 5.30. The normalized spacial score (nSPS) is 12.0. The molecule has 1 aliphatic rings. The summed E-state index contributed by atoms with van der Waals surface area (Å²) in [6.45, 7) is 2.83. The molecule has 1 N–H and O–H groups in total. The van der Waals surface area contributed by atoms with Gasteiger partial charge in [-0.05, 0) is 30.2 Å². The first-order valence-electron chi connectivity index (χ1n) is 15.0. The molecule has 1 heterocycles. The number of fused-ring (bicyclic) bond motifs is 2. The van der Waals surface area contributed by atoms with E-state index in [1.807, 2.05) is 30.3 Å². The highest BCUT2D eigenvalue weighted by Gasteiger charge is 2.26. The minimum atomic E-state index is -0.961. The van der Waals surface area contributed by atoms with Gasteiger partial charge in [-0.15, -0.1) is 0 Å². The molecule has 0 radical (unpaired) electrons. The summed E-state index contributed by atoms with van der Waals surface area (Å²) < 4.78 is 11.9. The van der Waals surface area contributed by atoms with Crippen molar-refractivity contribution < 1.29 is 19.4 Å². The molecule has 0 amide bonds. The second-order valence-electron chi connectivity index (χ2n) is 10.6. The van der Waals surface area contributed by atoms with Crippen LogP contribution in [0.3, 0.4) is 0 Å². The number of carboxylic acids is 1. The van der Waals surface area contributed by atoms with Crippen molar-refractivity contribution in [3.63, 3.8) is 0 Å². The average Bonchev–Trinajstić information content (AvgIpc) is 2.90. The first-order valence-corrected chi connectivity index (χ1v) is 15.0. The molecule has 204 valence electrons. The number of benzene rings is 2. The van der Waals surface area contributed by atoms with Gasteiger partial charge in [0.15, 0.2) is 0 Å². The molecule has 0 atom stereocenters. The molecule has 0 bridgehead atoms. The van der Waals surface area contributed by atoms with E-state index in [1.165, 1.54) is 96.3 Å². The lowest BCUT2D eigenvalue weighted by Crippen LogP contribution is -2.12. The summed E-state index contributed by atoms with van der Waals surface area (Å²) in [5, 5.41) is 9.89. The van der Waals surface area contributed by atoms with Gasteiger partial charge in [0.05, 0.1) is 6.61 Å². The van der Waals surface area contributed by atoms with Crippen LogP contribution in [0, 0.1) is 0 Å². The Labute approximate surface area is 224 Å². The van der Waals surface area contributed by atoms with Crippen molar-refractivity contribution in [3.05, 3.63) is 53.1 Å². The Morgan fingerprint density at radius 3 is 1.84 bits per heavy atom. The molecule has 2 aromatic carbocycles. The number of unbranched alkanes of at least 4 members (excludes halogenated alkanes) is 16. The number of hydrogen-bond acceptors (Lipinski definition) is 3. The van der Waals surface area contributed by atoms with Crippen molar-refractivity contribution in [2.24, 2.45) is 0 Å². The molecule has 0 spiro atoms. The summed E-state index contributed by atoms with van der Waals surface area (Å²) in [6.07, 6.45) is 23.3. The molecular weight excluding hydrogens is 460 g/mol. The molecule has 0 unspecified atom stereocenters. The van der Waals surface area contributed by atoms with E-state index >= 15 is 0 Å². The van der Waals surface area contributed by atoms with Crippen molar-refractivity contribution >= 4 is 5.97 Å². The summed E-state index contributed by atoms with van der Waals surface area (Å²) in [5.41, 5.74) is 1.94. The first kappa shape index (κ1) is 29.1. The van der Waals surface area contributed by atoms with Gasteiger partial charge < -0.3 is 14.6 Å². The Balaban J connectivity index is 1.22. The molecular formula is C33H48O4. The van der Waals surface area contributed by atoms with Crippen LogP contribution in [0.1, 0.15) is 138 Å². The smallest absolute Gasteiger partial charge is 0.339 e. The summed E-state index contributed by atoms with van der Waals surface area (Å²) in [7, 11) is 0. The van der Waals surface area contributed by atoms with Crippen molar-refractivity contribution in [1.82, 2.24) is 0 Å². The minimum Gasteiger partial charge on any atom is -0.493 e. The monoisotopic (exact) mass is 508 g/mol. The Hall–Kier alpha value is -2.49. The molecule has 0 aromatic heterocycles. The molecule has 37 heavy (non-hydrogen) atoms. The van der Waals surface area contributed by atoms with Gasteiger partial charge in [0.25, 0.3) is 0 Å². The molecule has 1 aliphatic heterocycles. The van der Waals surface area contributed by atoms with E-state index in [1.54, 1.807) is 6.07 Å². The van der Waals surface area contributed by atoms with E-state index in [2.05, 4.69) is 6.92 Å². The lowest BCUT2D eigenvalue weighted by atomic mass is 9.95. The number of carboxylic acid groups (broad SMARTS) is 1. The first-order chi connectivity index (χ1) is 18.2. The number of hydrogen-bond donors (Lipinski definition) is 1. The van der Waals surface area contributed by atoms with Gasteiger partial charge >= 0.3 is 5.97 Å². The van der Waals surface area contributed by atoms with Crippen LogP contribution in [0.15, 0.2) is 36.4 Å². The molecule has 4 heteroatoms. The maximum absolute atomic E-state index is 12.1. The van der Waals surface area contributed by atoms with Crippen LogP contribution < -0.4 is 9.47 Å². The lowest BCUT2D eigenvalue weighted by Gasteiger charge is -2.23. The maximum Gasteiger partial charge on any atom is 0.339 e. The molecule has 4 nitrogen and oxygen atoms in total. The van der Waals surface area contributed by atoms with E-state index in [9.17, 15) is 9.90 Å². The molecule has 0 aliphatic carbocycles. The predicted octanol–water partition coefficient (Wildman–Crippen LogP) is 10.1. The quantitative estimate of drug-likeness (QED) is 0.154. The van der Waals surface area contributed by atoms with Crippen molar-refractivity contribution in [2.75, 3.05) is 6.61 Å². The van der Waals surface area contributed by atoms with Crippen LogP contribution in [0.5, 0.6) is 17.2 Å². The van der Waals surface area contributed by atoms with Crippen LogP contribution >= 0.6 is 0 Å². The topological polar surface area (TPSA) is 55.8 Å². The third-order valence-corrected chi connectivity index (χ3v) is 7.51. The molecule has 0 saturated heterocycles. The number of rotatable bonds is 20. The van der Waals surface area contributed by atoms with E-state index in [-0.39, 0.29) is 5.56 Å². The van der Waals surface area contributed by atoms with Gasteiger partial charge in [0.2, 0.25) is 0 Å². The average molecular weight is 509 g/mol. The Bertz CT molecular complexity index is 936. The fraction of sp³-hybridized carbons (Fsp3) is 0.606. The van der Waals surface area contributed by atoms with Crippen LogP contribution in [0.4, 0.5) is 0 Å². The van der Waals surface area contributed by atoms with Crippen molar-refractivity contribution in [2.45, 2.75) is 122 Å². The number of ether oxygens (including phenoxy) is 2. The highest BCUT2D eigenvalue weighted by molar-refractivity contribution is 5.94. The summed E-state index contributed by atoms with van der Waals surface area (Å²) in [5.74, 6) is 0.896. The third-order valence-electron chi connectivity index (χ3n) is 7.51. The van der Waals surface area contributed by atoms with Gasteiger partial charge in [-0.25, -0.2) is 4.79 Å². The summed E-state index contributed by atoms with van der Waals surface area (Å²) in [4.78, 5) is 12.1. The Morgan fingerprint density at radius 1 is 0.730 bits per heavy atom. The van der Waals surface area contributed by atoms with Crippen LogP contribution in [-0.2, 0) is 6.42 Å². The highest BCUT2D eigenvalue weighted by atomic mass is 16.5. The number of aromatic carboxylic acids is 1. The van der Waals surface area contributed by atoms with Gasteiger partial charge in [-0.1, -0.05) is 128 Å². The molecule has 0 fully saturated rings. The van der Waals surface area contributed by atoms with E-state index in [0.717, 1.165) is 24.2 Å².